The predicted octanol–water partition coefficient (Wildman–Crippen LogP) is 3.13. The maximum atomic E-state index is 13.5. The molecule has 1 aliphatic heterocycles. The molecule has 1 unspecified atom stereocenters. The van der Waals surface area contributed by atoms with Crippen LogP contribution < -0.4 is 10.2 Å². The number of hydrogen-bond acceptors (Lipinski definition) is 2. The van der Waals surface area contributed by atoms with E-state index in [1.54, 1.807) is 12.1 Å². The number of nitrogens with zero attached hydrogens (tertiary/aromatic N) is 1. The first-order valence-electron chi connectivity index (χ1n) is 6.94. The zero-order valence-electron chi connectivity index (χ0n) is 11.9. The molecule has 0 aliphatic carbocycles. The van der Waals surface area contributed by atoms with Crippen LogP contribution in [0.1, 0.15) is 22.7 Å². The third-order valence-electron chi connectivity index (χ3n) is 3.88. The molecule has 0 radical (unpaired) electrons. The van der Waals surface area contributed by atoms with Crippen molar-refractivity contribution in [3.63, 3.8) is 0 Å². The number of nitrogens with one attached hydrogen (secondary N) is 1. The summed E-state index contributed by atoms with van der Waals surface area (Å²) in [7, 11) is 4.07. The van der Waals surface area contributed by atoms with Crippen LogP contribution in [0.4, 0.5) is 10.1 Å². The van der Waals surface area contributed by atoms with Crippen LogP contribution in [0, 0.1) is 5.82 Å². The Kier molecular flexibility index (Phi) is 3.45. The maximum absolute atomic E-state index is 13.5. The van der Waals surface area contributed by atoms with Crippen molar-refractivity contribution in [2.75, 3.05) is 25.5 Å². The van der Waals surface area contributed by atoms with Crippen LogP contribution in [0.2, 0.25) is 0 Å². The van der Waals surface area contributed by atoms with E-state index in [2.05, 4.69) is 28.4 Å². The normalized spacial score (nSPS) is 17.6. The number of fused-ring (bicyclic) bond motifs is 1. The molecular weight excluding hydrogens is 251 g/mol. The van der Waals surface area contributed by atoms with Crippen LogP contribution in [0.5, 0.6) is 0 Å². The summed E-state index contributed by atoms with van der Waals surface area (Å²) in [6, 6.07) is 13.5. The maximum Gasteiger partial charge on any atom is 0.123 e. The molecule has 2 aromatic carbocycles. The molecule has 104 valence electrons. The van der Waals surface area contributed by atoms with Crippen molar-refractivity contribution in [2.45, 2.75) is 12.5 Å². The lowest BCUT2D eigenvalue weighted by Crippen LogP contribution is -2.30. The monoisotopic (exact) mass is 270 g/mol. The third-order valence-corrected chi connectivity index (χ3v) is 3.88. The van der Waals surface area contributed by atoms with Crippen molar-refractivity contribution < 1.29 is 4.39 Å². The molecule has 1 heterocycles. The minimum absolute atomic E-state index is 0.0781. The predicted molar refractivity (Wildman–Crippen MR) is 80.7 cm³/mol. The third kappa shape index (κ3) is 2.41. The van der Waals surface area contributed by atoms with Crippen molar-refractivity contribution in [3.05, 3.63) is 65.0 Å². The second-order valence-electron chi connectivity index (χ2n) is 5.47. The summed E-state index contributed by atoms with van der Waals surface area (Å²) in [4.78, 5) is 2.09. The Morgan fingerprint density at radius 1 is 1.15 bits per heavy atom. The fourth-order valence-corrected chi connectivity index (χ4v) is 2.80. The van der Waals surface area contributed by atoms with E-state index in [1.165, 1.54) is 22.9 Å². The quantitative estimate of drug-likeness (QED) is 0.902. The summed E-state index contributed by atoms with van der Waals surface area (Å²) >= 11 is 0. The van der Waals surface area contributed by atoms with Gasteiger partial charge in [0.2, 0.25) is 0 Å². The van der Waals surface area contributed by atoms with Gasteiger partial charge in [-0.15, -0.1) is 0 Å². The van der Waals surface area contributed by atoms with Crippen molar-refractivity contribution in [1.82, 2.24) is 5.32 Å². The number of halogens is 1. The Hall–Kier alpha value is -1.87. The molecule has 2 nitrogen and oxygen atoms in total. The van der Waals surface area contributed by atoms with E-state index in [1.807, 2.05) is 20.2 Å². The van der Waals surface area contributed by atoms with E-state index in [4.69, 9.17) is 0 Å². The molecule has 20 heavy (non-hydrogen) atoms. The minimum Gasteiger partial charge on any atom is -0.378 e. The zero-order chi connectivity index (χ0) is 14.1. The molecule has 0 bridgehead atoms. The van der Waals surface area contributed by atoms with Gasteiger partial charge in [0.15, 0.2) is 0 Å². The molecule has 3 rings (SSSR count). The van der Waals surface area contributed by atoms with Crippen LogP contribution in [0.3, 0.4) is 0 Å². The lowest BCUT2D eigenvalue weighted by molar-refractivity contribution is 0.560. The Labute approximate surface area is 119 Å². The molecule has 0 fully saturated rings. The zero-order valence-corrected chi connectivity index (χ0v) is 11.9. The molecule has 0 aromatic heterocycles. The van der Waals surface area contributed by atoms with Crippen LogP contribution in [-0.2, 0) is 6.42 Å². The van der Waals surface area contributed by atoms with Crippen molar-refractivity contribution >= 4 is 5.69 Å². The molecule has 1 aliphatic rings. The molecule has 0 saturated carbocycles. The van der Waals surface area contributed by atoms with E-state index in [-0.39, 0.29) is 11.9 Å². The SMILES string of the molecule is CN(C)c1ccc2c(c1)C(c1cccc(F)c1)NCC2. The van der Waals surface area contributed by atoms with E-state index in [9.17, 15) is 4.39 Å². The first kappa shape index (κ1) is 13.1. The number of benzene rings is 2. The number of hydrogen-bond donors (Lipinski definition) is 1. The van der Waals surface area contributed by atoms with Gasteiger partial charge in [0.25, 0.3) is 0 Å². The molecule has 0 amide bonds. The van der Waals surface area contributed by atoms with Gasteiger partial charge in [-0.05, 0) is 47.4 Å². The van der Waals surface area contributed by atoms with Crippen LogP contribution in [0.25, 0.3) is 0 Å². The molecule has 0 spiro atoms. The second kappa shape index (κ2) is 5.25. The second-order valence-corrected chi connectivity index (χ2v) is 5.47. The Balaban J connectivity index is 2.06. The highest BCUT2D eigenvalue weighted by atomic mass is 19.1. The molecule has 3 heteroatoms. The molecule has 0 saturated heterocycles. The van der Waals surface area contributed by atoms with Gasteiger partial charge in [-0.2, -0.15) is 0 Å². The van der Waals surface area contributed by atoms with Gasteiger partial charge in [0.1, 0.15) is 5.82 Å². The molecule has 2 aromatic rings. The van der Waals surface area contributed by atoms with Gasteiger partial charge < -0.3 is 10.2 Å². The minimum atomic E-state index is -0.180. The average Bonchev–Trinajstić information content (AvgIpc) is 2.46. The lowest BCUT2D eigenvalue weighted by atomic mass is 9.89. The largest absolute Gasteiger partial charge is 0.378 e. The summed E-state index contributed by atoms with van der Waals surface area (Å²) in [5, 5.41) is 3.50. The summed E-state index contributed by atoms with van der Waals surface area (Å²) in [5.41, 5.74) is 4.77. The summed E-state index contributed by atoms with van der Waals surface area (Å²) in [6.45, 7) is 0.926. The highest BCUT2D eigenvalue weighted by Crippen LogP contribution is 2.31. The molecular formula is C17H19FN2. The van der Waals surface area contributed by atoms with Gasteiger partial charge >= 0.3 is 0 Å². The fourth-order valence-electron chi connectivity index (χ4n) is 2.80. The highest BCUT2D eigenvalue weighted by Gasteiger charge is 2.22. The van der Waals surface area contributed by atoms with Crippen molar-refractivity contribution in [3.8, 4) is 0 Å². The summed E-state index contributed by atoms with van der Waals surface area (Å²) in [5.74, 6) is -0.180. The smallest absolute Gasteiger partial charge is 0.123 e. The van der Waals surface area contributed by atoms with Crippen LogP contribution >= 0.6 is 0 Å². The van der Waals surface area contributed by atoms with Gasteiger partial charge in [-0.1, -0.05) is 18.2 Å². The van der Waals surface area contributed by atoms with E-state index < -0.39 is 0 Å². The summed E-state index contributed by atoms with van der Waals surface area (Å²) in [6.07, 6.45) is 1.02. The van der Waals surface area contributed by atoms with Gasteiger partial charge in [0.05, 0.1) is 6.04 Å². The van der Waals surface area contributed by atoms with E-state index >= 15 is 0 Å². The van der Waals surface area contributed by atoms with Crippen LogP contribution in [-0.4, -0.2) is 20.6 Å². The number of rotatable bonds is 2. The first-order valence-corrected chi connectivity index (χ1v) is 6.94. The van der Waals surface area contributed by atoms with Gasteiger partial charge in [-0.25, -0.2) is 4.39 Å². The molecule has 1 N–H and O–H groups in total. The fraction of sp³-hybridized carbons (Fsp3) is 0.294. The van der Waals surface area contributed by atoms with E-state index in [0.717, 1.165) is 18.5 Å². The van der Waals surface area contributed by atoms with Crippen molar-refractivity contribution in [1.29, 1.82) is 0 Å². The lowest BCUT2D eigenvalue weighted by Gasteiger charge is -2.29. The first-order chi connectivity index (χ1) is 9.65. The Morgan fingerprint density at radius 2 is 2.00 bits per heavy atom. The summed E-state index contributed by atoms with van der Waals surface area (Å²) < 4.78 is 13.5. The standard InChI is InChI=1S/C17H19FN2/c1-20(2)15-7-6-12-8-9-19-17(16(12)11-15)13-4-3-5-14(18)10-13/h3-7,10-11,17,19H,8-9H2,1-2H3. The molecule has 1 atom stereocenters. The topological polar surface area (TPSA) is 15.3 Å². The Morgan fingerprint density at radius 3 is 2.75 bits per heavy atom. The van der Waals surface area contributed by atoms with Gasteiger partial charge in [0, 0.05) is 26.3 Å². The highest BCUT2D eigenvalue weighted by molar-refractivity contribution is 5.53. The van der Waals surface area contributed by atoms with Crippen molar-refractivity contribution in [2.24, 2.45) is 0 Å². The van der Waals surface area contributed by atoms with E-state index in [0.29, 0.717) is 0 Å². The average molecular weight is 270 g/mol. The number of anilines is 1. The van der Waals surface area contributed by atoms with Gasteiger partial charge in [-0.3, -0.25) is 0 Å². The Bertz CT molecular complexity index is 622. The van der Waals surface area contributed by atoms with Crippen LogP contribution in [0.15, 0.2) is 42.5 Å².